The number of carbonyl (C=O) groups excluding carboxylic acids is 1. The lowest BCUT2D eigenvalue weighted by Gasteiger charge is -2.15. The Hall–Kier alpha value is -1.64. The Bertz CT molecular complexity index is 589. The third-order valence-electron chi connectivity index (χ3n) is 2.98. The quantitative estimate of drug-likeness (QED) is 0.680. The summed E-state index contributed by atoms with van der Waals surface area (Å²) < 4.78 is 24.4. The first-order valence-electron chi connectivity index (χ1n) is 5.99. The van der Waals surface area contributed by atoms with Gasteiger partial charge in [0.15, 0.2) is 0 Å². The maximum atomic E-state index is 12.1. The van der Waals surface area contributed by atoms with E-state index in [1.54, 1.807) is 0 Å². The Kier molecular flexibility index (Phi) is 3.98. The lowest BCUT2D eigenvalue weighted by Crippen LogP contribution is -2.29. The highest BCUT2D eigenvalue weighted by atomic mass is 32.2. The van der Waals surface area contributed by atoms with Crippen molar-refractivity contribution in [3.05, 3.63) is 29.8 Å². The number of hydrogen-bond acceptors (Lipinski definition) is 5. The topological polar surface area (TPSA) is 107 Å². The van der Waals surface area contributed by atoms with E-state index in [9.17, 15) is 23.4 Å². The lowest BCUT2D eigenvalue weighted by molar-refractivity contribution is 0.0572. The first-order valence-corrected chi connectivity index (χ1v) is 7.88. The Morgan fingerprint density at radius 3 is 2.15 bits per heavy atom. The predicted octanol–water partition coefficient (Wildman–Crippen LogP) is -0.764. The van der Waals surface area contributed by atoms with Crippen LogP contribution in [0.25, 0.3) is 0 Å². The molecular formula is C12H16N2O5S. The minimum Gasteiger partial charge on any atom is -0.388 e. The van der Waals surface area contributed by atoms with Gasteiger partial charge in [0.1, 0.15) is 0 Å². The number of β-amino-alcohol motifs (C(OH)–C–C–N with tert-alkyl or cyclic N) is 2. The highest BCUT2D eigenvalue weighted by molar-refractivity contribution is 7.92. The van der Waals surface area contributed by atoms with Crippen LogP contribution in [0.5, 0.6) is 0 Å². The average Bonchev–Trinajstić information content (AvgIpc) is 2.68. The summed E-state index contributed by atoms with van der Waals surface area (Å²) in [5.41, 5.74) is 0.732. The second-order valence-corrected chi connectivity index (χ2v) is 6.54. The number of sulfonamides is 1. The fraction of sp³-hybridized carbons (Fsp3) is 0.417. The standard InChI is InChI=1S/C12H16N2O5S/c1-20(18,19)13-9-4-2-8(3-5-9)12(17)14-6-10(15)11(16)7-14/h2-5,10-11,13,15-16H,6-7H2,1H3. The van der Waals surface area contributed by atoms with Gasteiger partial charge in [-0.25, -0.2) is 8.42 Å². The summed E-state index contributed by atoms with van der Waals surface area (Å²) in [5.74, 6) is -0.313. The third kappa shape index (κ3) is 3.47. The number of carbonyl (C=O) groups is 1. The third-order valence-corrected chi connectivity index (χ3v) is 3.59. The fourth-order valence-corrected chi connectivity index (χ4v) is 2.58. The number of nitrogens with one attached hydrogen (secondary N) is 1. The van der Waals surface area contributed by atoms with E-state index in [2.05, 4.69) is 4.72 Å². The zero-order valence-electron chi connectivity index (χ0n) is 10.9. The molecule has 8 heteroatoms. The molecule has 1 aliphatic heterocycles. The molecule has 1 saturated heterocycles. The molecule has 3 N–H and O–H groups in total. The number of amides is 1. The Morgan fingerprint density at radius 2 is 1.70 bits per heavy atom. The maximum absolute atomic E-state index is 12.1. The van der Waals surface area contributed by atoms with Crippen molar-refractivity contribution < 1.29 is 23.4 Å². The predicted molar refractivity (Wildman–Crippen MR) is 72.8 cm³/mol. The molecule has 2 unspecified atom stereocenters. The molecule has 7 nitrogen and oxygen atoms in total. The van der Waals surface area contributed by atoms with Crippen molar-refractivity contribution in [3.63, 3.8) is 0 Å². The van der Waals surface area contributed by atoms with E-state index in [0.29, 0.717) is 11.3 Å². The summed E-state index contributed by atoms with van der Waals surface area (Å²) in [4.78, 5) is 13.5. The lowest BCUT2D eigenvalue weighted by atomic mass is 10.2. The van der Waals surface area contributed by atoms with Gasteiger partial charge in [-0.2, -0.15) is 0 Å². The summed E-state index contributed by atoms with van der Waals surface area (Å²) in [6.07, 6.45) is -0.811. The zero-order chi connectivity index (χ0) is 14.9. The molecule has 2 atom stereocenters. The van der Waals surface area contributed by atoms with Crippen LogP contribution in [0.1, 0.15) is 10.4 Å². The van der Waals surface area contributed by atoms with Crippen LogP contribution in [0.15, 0.2) is 24.3 Å². The SMILES string of the molecule is CS(=O)(=O)Nc1ccc(C(=O)N2CC(O)C(O)C2)cc1. The van der Waals surface area contributed by atoms with Crippen molar-refractivity contribution in [2.45, 2.75) is 12.2 Å². The monoisotopic (exact) mass is 300 g/mol. The summed E-state index contributed by atoms with van der Waals surface area (Å²) in [6.45, 7) is 0.173. The van der Waals surface area contributed by atoms with Crippen LogP contribution in [0.4, 0.5) is 5.69 Å². The van der Waals surface area contributed by atoms with Crippen LogP contribution in [0.2, 0.25) is 0 Å². The van der Waals surface area contributed by atoms with Gasteiger partial charge >= 0.3 is 0 Å². The molecule has 1 aliphatic rings. The van der Waals surface area contributed by atoms with Crippen molar-refractivity contribution >= 4 is 21.6 Å². The molecule has 2 rings (SSSR count). The fourth-order valence-electron chi connectivity index (χ4n) is 2.01. The molecule has 0 radical (unpaired) electrons. The molecule has 0 bridgehead atoms. The van der Waals surface area contributed by atoms with Gasteiger partial charge in [-0.05, 0) is 24.3 Å². The molecule has 1 fully saturated rings. The van der Waals surface area contributed by atoms with Crippen molar-refractivity contribution in [3.8, 4) is 0 Å². The van der Waals surface area contributed by atoms with E-state index in [1.165, 1.54) is 29.2 Å². The van der Waals surface area contributed by atoms with Crippen molar-refractivity contribution in [2.75, 3.05) is 24.1 Å². The van der Waals surface area contributed by atoms with Gasteiger partial charge < -0.3 is 15.1 Å². The minimum atomic E-state index is -3.35. The summed E-state index contributed by atoms with van der Waals surface area (Å²) in [7, 11) is -3.35. The summed E-state index contributed by atoms with van der Waals surface area (Å²) >= 11 is 0. The Balaban J connectivity index is 2.08. The Labute approximate surface area is 116 Å². The van der Waals surface area contributed by atoms with Gasteiger partial charge in [-0.1, -0.05) is 0 Å². The first-order chi connectivity index (χ1) is 9.26. The van der Waals surface area contributed by atoms with E-state index in [1.807, 2.05) is 0 Å². The Morgan fingerprint density at radius 1 is 1.20 bits per heavy atom. The van der Waals surface area contributed by atoms with Crippen molar-refractivity contribution in [1.29, 1.82) is 0 Å². The normalized spacial score (nSPS) is 22.9. The number of anilines is 1. The van der Waals surface area contributed by atoms with E-state index < -0.39 is 22.2 Å². The van der Waals surface area contributed by atoms with E-state index >= 15 is 0 Å². The van der Waals surface area contributed by atoms with Crippen LogP contribution >= 0.6 is 0 Å². The van der Waals surface area contributed by atoms with Gasteiger partial charge in [0.05, 0.1) is 18.5 Å². The van der Waals surface area contributed by atoms with Gasteiger partial charge in [0.25, 0.3) is 5.91 Å². The van der Waals surface area contributed by atoms with Crippen LogP contribution in [-0.2, 0) is 10.0 Å². The number of aliphatic hydroxyl groups is 2. The number of rotatable bonds is 3. The van der Waals surface area contributed by atoms with Gasteiger partial charge in [-0.15, -0.1) is 0 Å². The average molecular weight is 300 g/mol. The number of likely N-dealkylation sites (tertiary alicyclic amines) is 1. The minimum absolute atomic E-state index is 0.0866. The number of benzene rings is 1. The molecule has 1 amide bonds. The van der Waals surface area contributed by atoms with E-state index in [0.717, 1.165) is 6.26 Å². The molecule has 110 valence electrons. The van der Waals surface area contributed by atoms with E-state index in [-0.39, 0.29) is 19.0 Å². The van der Waals surface area contributed by atoms with Gasteiger partial charge in [0, 0.05) is 24.3 Å². The first kappa shape index (κ1) is 14.8. The second-order valence-electron chi connectivity index (χ2n) is 4.80. The molecular weight excluding hydrogens is 284 g/mol. The molecule has 0 aromatic heterocycles. The largest absolute Gasteiger partial charge is 0.388 e. The molecule has 20 heavy (non-hydrogen) atoms. The van der Waals surface area contributed by atoms with Crippen LogP contribution in [0.3, 0.4) is 0 Å². The molecule has 0 spiro atoms. The number of hydrogen-bond donors (Lipinski definition) is 3. The van der Waals surface area contributed by atoms with Crippen LogP contribution < -0.4 is 4.72 Å². The molecule has 1 aromatic carbocycles. The summed E-state index contributed by atoms with van der Waals surface area (Å²) in [6, 6.07) is 5.95. The molecule has 1 heterocycles. The molecule has 1 aromatic rings. The zero-order valence-corrected chi connectivity index (χ0v) is 11.7. The summed E-state index contributed by atoms with van der Waals surface area (Å²) in [5, 5.41) is 18.8. The second kappa shape index (κ2) is 5.39. The molecule has 0 saturated carbocycles. The number of nitrogens with zero attached hydrogens (tertiary/aromatic N) is 1. The van der Waals surface area contributed by atoms with Crippen molar-refractivity contribution in [2.24, 2.45) is 0 Å². The maximum Gasteiger partial charge on any atom is 0.254 e. The molecule has 0 aliphatic carbocycles. The number of aliphatic hydroxyl groups excluding tert-OH is 2. The smallest absolute Gasteiger partial charge is 0.254 e. The van der Waals surface area contributed by atoms with Crippen molar-refractivity contribution in [1.82, 2.24) is 4.90 Å². The van der Waals surface area contributed by atoms with Crippen LogP contribution in [-0.4, -0.2) is 61.0 Å². The van der Waals surface area contributed by atoms with Crippen LogP contribution in [0, 0.1) is 0 Å². The van der Waals surface area contributed by atoms with E-state index in [4.69, 9.17) is 0 Å². The highest BCUT2D eigenvalue weighted by Gasteiger charge is 2.32. The highest BCUT2D eigenvalue weighted by Crippen LogP contribution is 2.16. The van der Waals surface area contributed by atoms with Gasteiger partial charge in [0.2, 0.25) is 10.0 Å². The van der Waals surface area contributed by atoms with Gasteiger partial charge in [-0.3, -0.25) is 9.52 Å².